The highest BCUT2D eigenvalue weighted by Crippen LogP contribution is 2.19. The molecule has 0 aliphatic heterocycles. The highest BCUT2D eigenvalue weighted by Gasteiger charge is 2.28. The lowest BCUT2D eigenvalue weighted by Gasteiger charge is -2.25. The van der Waals surface area contributed by atoms with Crippen molar-refractivity contribution < 1.29 is 14.2 Å². The lowest BCUT2D eigenvalue weighted by atomic mass is 10.6. The van der Waals surface area contributed by atoms with E-state index in [1.165, 1.54) is 0 Å². The number of hydrogen-bond donors (Lipinski definition) is 0. The van der Waals surface area contributed by atoms with E-state index < -0.39 is 5.25 Å². The maximum atomic E-state index is 5.95. The predicted molar refractivity (Wildman–Crippen MR) is 48.3 cm³/mol. The van der Waals surface area contributed by atoms with Gasteiger partial charge in [-0.05, 0) is 20.8 Å². The lowest BCUT2D eigenvalue weighted by molar-refractivity contribution is -0.200. The molecule has 0 rings (SSSR count). The molecule has 0 atom stereocenters. The van der Waals surface area contributed by atoms with E-state index in [9.17, 15) is 0 Å². The van der Waals surface area contributed by atoms with Crippen molar-refractivity contribution in [2.75, 3.05) is 26.4 Å². The minimum Gasteiger partial charge on any atom is -0.375 e. The van der Waals surface area contributed by atoms with Crippen LogP contribution in [0.1, 0.15) is 20.8 Å². The van der Waals surface area contributed by atoms with Crippen molar-refractivity contribution in [2.24, 2.45) is 0 Å². The van der Waals surface area contributed by atoms with Gasteiger partial charge in [-0.1, -0.05) is 11.6 Å². The van der Waals surface area contributed by atoms with Crippen molar-refractivity contribution in [1.82, 2.24) is 0 Å². The summed E-state index contributed by atoms with van der Waals surface area (Å²) in [6.45, 7) is 7.51. The Kier molecular flexibility index (Phi) is 6.76. The standard InChI is InChI=1S/C8H17ClO3/c1-4-10-7-8(9,11-5-2)12-6-3/h4-7H2,1-3H3. The molecule has 3 nitrogen and oxygen atoms in total. The van der Waals surface area contributed by atoms with Gasteiger partial charge in [0.25, 0.3) is 5.25 Å². The quantitative estimate of drug-likeness (QED) is 0.461. The molecule has 0 amide bonds. The maximum absolute atomic E-state index is 5.95. The monoisotopic (exact) mass is 196 g/mol. The number of rotatable bonds is 7. The molecule has 0 spiro atoms. The molecule has 12 heavy (non-hydrogen) atoms. The van der Waals surface area contributed by atoms with Gasteiger partial charge in [-0.25, -0.2) is 0 Å². The fourth-order valence-corrected chi connectivity index (χ4v) is 1.08. The van der Waals surface area contributed by atoms with E-state index in [0.29, 0.717) is 19.8 Å². The number of hydrogen-bond acceptors (Lipinski definition) is 3. The van der Waals surface area contributed by atoms with Crippen molar-refractivity contribution in [3.05, 3.63) is 0 Å². The normalized spacial score (nSPS) is 12.0. The first-order chi connectivity index (χ1) is 5.68. The molecule has 0 saturated heterocycles. The largest absolute Gasteiger partial charge is 0.375 e. The van der Waals surface area contributed by atoms with E-state index in [2.05, 4.69) is 0 Å². The molecule has 4 heteroatoms. The summed E-state index contributed by atoms with van der Waals surface area (Å²) in [6, 6.07) is 0. The highest BCUT2D eigenvalue weighted by atomic mass is 35.5. The molecular weight excluding hydrogens is 180 g/mol. The van der Waals surface area contributed by atoms with E-state index in [0.717, 1.165) is 0 Å². The van der Waals surface area contributed by atoms with Crippen LogP contribution in [-0.2, 0) is 14.2 Å². The Morgan fingerprint density at radius 3 is 1.83 bits per heavy atom. The van der Waals surface area contributed by atoms with E-state index in [-0.39, 0.29) is 6.61 Å². The Labute approximate surface area is 78.9 Å². The number of halogens is 1. The molecular formula is C8H17ClO3. The molecule has 0 aromatic carbocycles. The summed E-state index contributed by atoms with van der Waals surface area (Å²) in [5.74, 6) is 0. The van der Waals surface area contributed by atoms with Crippen LogP contribution in [0.4, 0.5) is 0 Å². The third kappa shape index (κ3) is 4.93. The summed E-state index contributed by atoms with van der Waals surface area (Å²) in [6.07, 6.45) is 0. The fraction of sp³-hybridized carbons (Fsp3) is 1.00. The molecule has 0 saturated carbocycles. The maximum Gasteiger partial charge on any atom is 0.272 e. The zero-order chi connectivity index (χ0) is 9.45. The molecule has 0 bridgehead atoms. The van der Waals surface area contributed by atoms with Crippen LogP contribution in [0.15, 0.2) is 0 Å². The van der Waals surface area contributed by atoms with E-state index >= 15 is 0 Å². The second kappa shape index (κ2) is 6.66. The second-order valence-electron chi connectivity index (χ2n) is 2.16. The second-order valence-corrected chi connectivity index (χ2v) is 2.74. The van der Waals surface area contributed by atoms with Gasteiger partial charge in [-0.3, -0.25) is 0 Å². The fourth-order valence-electron chi connectivity index (χ4n) is 0.780. The SMILES string of the molecule is CCOCC(Cl)(OCC)OCC. The van der Waals surface area contributed by atoms with Crippen LogP contribution in [0.5, 0.6) is 0 Å². The van der Waals surface area contributed by atoms with E-state index in [1.54, 1.807) is 0 Å². The molecule has 0 unspecified atom stereocenters. The van der Waals surface area contributed by atoms with Crippen LogP contribution >= 0.6 is 11.6 Å². The molecule has 0 N–H and O–H groups in total. The van der Waals surface area contributed by atoms with Gasteiger partial charge in [0.05, 0.1) is 0 Å². The van der Waals surface area contributed by atoms with Gasteiger partial charge < -0.3 is 14.2 Å². The minimum atomic E-state index is -1.10. The third-order valence-corrected chi connectivity index (χ3v) is 1.53. The molecule has 0 aromatic rings. The van der Waals surface area contributed by atoms with E-state index in [4.69, 9.17) is 25.8 Å². The van der Waals surface area contributed by atoms with Crippen molar-refractivity contribution in [1.29, 1.82) is 0 Å². The summed E-state index contributed by atoms with van der Waals surface area (Å²) in [7, 11) is 0. The van der Waals surface area contributed by atoms with Gasteiger partial charge in [0.1, 0.15) is 6.61 Å². The van der Waals surface area contributed by atoms with Crippen LogP contribution in [-0.4, -0.2) is 31.7 Å². The van der Waals surface area contributed by atoms with Crippen molar-refractivity contribution in [3.63, 3.8) is 0 Å². The number of ether oxygens (including phenoxy) is 3. The first-order valence-corrected chi connectivity index (χ1v) is 4.60. The summed E-state index contributed by atoms with van der Waals surface area (Å²) < 4.78 is 15.5. The molecule has 0 heterocycles. The Morgan fingerprint density at radius 2 is 1.50 bits per heavy atom. The van der Waals surface area contributed by atoms with Gasteiger partial charge in [0, 0.05) is 19.8 Å². The average molecular weight is 197 g/mol. The summed E-state index contributed by atoms with van der Waals surface area (Å²) in [5, 5.41) is -1.10. The first-order valence-electron chi connectivity index (χ1n) is 4.23. The van der Waals surface area contributed by atoms with Gasteiger partial charge in [0.2, 0.25) is 0 Å². The summed E-state index contributed by atoms with van der Waals surface area (Å²) in [5.41, 5.74) is 0. The van der Waals surface area contributed by atoms with Crippen LogP contribution in [0.3, 0.4) is 0 Å². The van der Waals surface area contributed by atoms with Gasteiger partial charge in [-0.15, -0.1) is 0 Å². The Balaban J connectivity index is 3.80. The van der Waals surface area contributed by atoms with Crippen LogP contribution in [0.25, 0.3) is 0 Å². The Morgan fingerprint density at radius 1 is 1.00 bits per heavy atom. The molecule has 74 valence electrons. The van der Waals surface area contributed by atoms with Crippen molar-refractivity contribution in [2.45, 2.75) is 26.0 Å². The molecule has 0 aliphatic carbocycles. The van der Waals surface area contributed by atoms with Crippen LogP contribution in [0, 0.1) is 0 Å². The topological polar surface area (TPSA) is 27.7 Å². The molecule has 0 radical (unpaired) electrons. The summed E-state index contributed by atoms with van der Waals surface area (Å²) >= 11 is 5.95. The smallest absolute Gasteiger partial charge is 0.272 e. The summed E-state index contributed by atoms with van der Waals surface area (Å²) in [4.78, 5) is 0. The predicted octanol–water partition coefficient (Wildman–Crippen LogP) is 1.99. The van der Waals surface area contributed by atoms with Gasteiger partial charge in [-0.2, -0.15) is 0 Å². The third-order valence-electron chi connectivity index (χ3n) is 1.20. The highest BCUT2D eigenvalue weighted by molar-refractivity contribution is 6.22. The van der Waals surface area contributed by atoms with Crippen LogP contribution in [0.2, 0.25) is 0 Å². The zero-order valence-electron chi connectivity index (χ0n) is 7.93. The van der Waals surface area contributed by atoms with Crippen molar-refractivity contribution >= 4 is 11.6 Å². The molecule has 0 aromatic heterocycles. The first kappa shape index (κ1) is 12.2. The van der Waals surface area contributed by atoms with Gasteiger partial charge in [0.15, 0.2) is 0 Å². The number of alkyl halides is 1. The van der Waals surface area contributed by atoms with Crippen molar-refractivity contribution in [3.8, 4) is 0 Å². The molecule has 0 aliphatic rings. The minimum absolute atomic E-state index is 0.257. The Hall–Kier alpha value is 0.170. The van der Waals surface area contributed by atoms with Crippen LogP contribution < -0.4 is 0 Å². The lowest BCUT2D eigenvalue weighted by Crippen LogP contribution is -2.35. The Bertz CT molecular complexity index is 102. The zero-order valence-corrected chi connectivity index (χ0v) is 8.69. The molecule has 0 fully saturated rings. The van der Waals surface area contributed by atoms with Gasteiger partial charge >= 0.3 is 0 Å². The average Bonchev–Trinajstić information content (AvgIpc) is 2.02. The van der Waals surface area contributed by atoms with E-state index in [1.807, 2.05) is 20.8 Å².